The average Bonchev–Trinajstić information content (AvgIpc) is 2.60. The van der Waals surface area contributed by atoms with E-state index in [9.17, 15) is 9.90 Å². The SMILES string of the molecule is COc1cc(Br)c(Br)c(C=NNC(=O)c2ccc(C(C)(C)C)cc2)c1O. The van der Waals surface area contributed by atoms with Crippen molar-refractivity contribution in [3.8, 4) is 11.5 Å². The van der Waals surface area contributed by atoms with Gasteiger partial charge in [0.1, 0.15) is 0 Å². The number of hydrogen-bond acceptors (Lipinski definition) is 4. The summed E-state index contributed by atoms with van der Waals surface area (Å²) >= 11 is 6.73. The molecule has 0 aliphatic rings. The summed E-state index contributed by atoms with van der Waals surface area (Å²) < 4.78 is 6.40. The Morgan fingerprint density at radius 3 is 2.38 bits per heavy atom. The molecule has 2 N–H and O–H groups in total. The molecule has 7 heteroatoms. The number of nitrogens with one attached hydrogen (secondary N) is 1. The fourth-order valence-electron chi connectivity index (χ4n) is 2.23. The Hall–Kier alpha value is -1.86. The Morgan fingerprint density at radius 1 is 1.23 bits per heavy atom. The van der Waals surface area contributed by atoms with Crippen molar-refractivity contribution in [2.75, 3.05) is 7.11 Å². The zero-order chi connectivity index (χ0) is 19.5. The number of hydrogen-bond donors (Lipinski definition) is 2. The highest BCUT2D eigenvalue weighted by molar-refractivity contribution is 9.13. The Kier molecular flexibility index (Phi) is 6.47. The fraction of sp³-hybridized carbons (Fsp3) is 0.263. The van der Waals surface area contributed by atoms with Crippen LogP contribution in [0.15, 0.2) is 44.4 Å². The van der Waals surface area contributed by atoms with Crippen LogP contribution < -0.4 is 10.2 Å². The lowest BCUT2D eigenvalue weighted by molar-refractivity contribution is 0.0955. The number of carbonyl (C=O) groups excluding carboxylic acids is 1. The molecule has 0 fully saturated rings. The van der Waals surface area contributed by atoms with E-state index < -0.39 is 0 Å². The molecular formula is C19H20Br2N2O3. The zero-order valence-electron chi connectivity index (χ0n) is 14.9. The number of rotatable bonds is 4. The van der Waals surface area contributed by atoms with Crippen molar-refractivity contribution in [1.29, 1.82) is 0 Å². The van der Waals surface area contributed by atoms with Gasteiger partial charge >= 0.3 is 0 Å². The van der Waals surface area contributed by atoms with Crippen LogP contribution >= 0.6 is 31.9 Å². The minimum atomic E-state index is -0.334. The summed E-state index contributed by atoms with van der Waals surface area (Å²) in [5.41, 5.74) is 4.52. The lowest BCUT2D eigenvalue weighted by atomic mass is 9.87. The smallest absolute Gasteiger partial charge is 0.271 e. The molecule has 0 atom stereocenters. The second-order valence-electron chi connectivity index (χ2n) is 6.66. The third-order valence-corrected chi connectivity index (χ3v) is 5.80. The van der Waals surface area contributed by atoms with E-state index in [0.717, 1.165) is 5.56 Å². The molecule has 0 saturated heterocycles. The molecule has 138 valence electrons. The predicted octanol–water partition coefficient (Wildman–Crippen LogP) is 4.99. The van der Waals surface area contributed by atoms with Crippen molar-refractivity contribution in [2.45, 2.75) is 26.2 Å². The van der Waals surface area contributed by atoms with E-state index in [1.165, 1.54) is 13.3 Å². The molecule has 0 saturated carbocycles. The Labute approximate surface area is 169 Å². The lowest BCUT2D eigenvalue weighted by Crippen LogP contribution is -2.18. The lowest BCUT2D eigenvalue weighted by Gasteiger charge is -2.18. The molecule has 0 unspecified atom stereocenters. The standard InChI is InChI=1S/C19H20Br2N2O3/c1-19(2,3)12-7-5-11(6-8-12)18(25)23-22-10-13-16(21)14(20)9-15(26-4)17(13)24/h5-10,24H,1-4H3,(H,23,25). The quantitative estimate of drug-likeness (QED) is 0.475. The molecule has 26 heavy (non-hydrogen) atoms. The number of amides is 1. The Balaban J connectivity index is 2.16. The van der Waals surface area contributed by atoms with Gasteiger partial charge in [0.05, 0.1) is 18.9 Å². The molecule has 2 aromatic rings. The number of benzene rings is 2. The molecule has 0 aromatic heterocycles. The van der Waals surface area contributed by atoms with Crippen molar-refractivity contribution >= 4 is 44.0 Å². The van der Waals surface area contributed by atoms with Crippen LogP contribution in [0.25, 0.3) is 0 Å². The number of carbonyl (C=O) groups is 1. The third kappa shape index (κ3) is 4.65. The molecule has 2 rings (SSSR count). The van der Waals surface area contributed by atoms with Gasteiger partial charge in [0.2, 0.25) is 0 Å². The number of hydrazone groups is 1. The summed E-state index contributed by atoms with van der Waals surface area (Å²) in [6, 6.07) is 9.02. The molecule has 0 radical (unpaired) electrons. The van der Waals surface area contributed by atoms with Crippen molar-refractivity contribution in [2.24, 2.45) is 5.10 Å². The van der Waals surface area contributed by atoms with Gasteiger partial charge in [-0.1, -0.05) is 32.9 Å². The zero-order valence-corrected chi connectivity index (χ0v) is 18.1. The van der Waals surface area contributed by atoms with E-state index in [1.54, 1.807) is 18.2 Å². The van der Waals surface area contributed by atoms with Gasteiger partial charge in [0, 0.05) is 14.5 Å². The van der Waals surface area contributed by atoms with Gasteiger partial charge in [-0.2, -0.15) is 5.10 Å². The van der Waals surface area contributed by atoms with Gasteiger partial charge in [-0.05, 0) is 61.0 Å². The predicted molar refractivity (Wildman–Crippen MR) is 110 cm³/mol. The van der Waals surface area contributed by atoms with Crippen LogP contribution in [0.4, 0.5) is 0 Å². The number of methoxy groups -OCH3 is 1. The highest BCUT2D eigenvalue weighted by atomic mass is 79.9. The van der Waals surface area contributed by atoms with Crippen LogP contribution in [0, 0.1) is 0 Å². The normalized spacial score (nSPS) is 11.6. The van der Waals surface area contributed by atoms with E-state index in [-0.39, 0.29) is 17.1 Å². The highest BCUT2D eigenvalue weighted by Crippen LogP contribution is 2.39. The molecule has 0 spiro atoms. The number of nitrogens with zero attached hydrogens (tertiary/aromatic N) is 1. The maximum atomic E-state index is 12.2. The number of ether oxygens (including phenoxy) is 1. The van der Waals surface area contributed by atoms with Gasteiger partial charge in [0.25, 0.3) is 5.91 Å². The Morgan fingerprint density at radius 2 is 1.85 bits per heavy atom. The summed E-state index contributed by atoms with van der Waals surface area (Å²) in [6.45, 7) is 6.34. The van der Waals surface area contributed by atoms with Gasteiger partial charge in [0.15, 0.2) is 11.5 Å². The number of phenols is 1. The second kappa shape index (κ2) is 8.22. The number of phenolic OH excluding ortho intramolecular Hbond substituents is 1. The van der Waals surface area contributed by atoms with E-state index in [4.69, 9.17) is 4.74 Å². The average molecular weight is 484 g/mol. The first-order chi connectivity index (χ1) is 12.1. The summed E-state index contributed by atoms with van der Waals surface area (Å²) in [5.74, 6) is -0.111. The first-order valence-electron chi connectivity index (χ1n) is 7.84. The van der Waals surface area contributed by atoms with Crippen LogP contribution in [0.3, 0.4) is 0 Å². The first kappa shape index (κ1) is 20.5. The summed E-state index contributed by atoms with van der Waals surface area (Å²) in [7, 11) is 1.46. The van der Waals surface area contributed by atoms with Crippen molar-refractivity contribution in [3.05, 3.63) is 56.0 Å². The van der Waals surface area contributed by atoms with E-state index >= 15 is 0 Å². The Bertz CT molecular complexity index is 841. The summed E-state index contributed by atoms with van der Waals surface area (Å²) in [4.78, 5) is 12.2. The van der Waals surface area contributed by atoms with Crippen molar-refractivity contribution in [3.63, 3.8) is 0 Å². The number of aromatic hydroxyl groups is 1. The second-order valence-corrected chi connectivity index (χ2v) is 8.31. The summed E-state index contributed by atoms with van der Waals surface area (Å²) in [6.07, 6.45) is 1.36. The molecule has 5 nitrogen and oxygen atoms in total. The van der Waals surface area contributed by atoms with Crippen LogP contribution in [0.5, 0.6) is 11.5 Å². The fourth-order valence-corrected chi connectivity index (χ4v) is 3.05. The summed E-state index contributed by atoms with van der Waals surface area (Å²) in [5, 5.41) is 14.1. The van der Waals surface area contributed by atoms with Crippen LogP contribution in [-0.4, -0.2) is 24.3 Å². The molecule has 0 aliphatic carbocycles. The van der Waals surface area contributed by atoms with Gasteiger partial charge in [-0.25, -0.2) is 5.43 Å². The van der Waals surface area contributed by atoms with Crippen LogP contribution in [-0.2, 0) is 5.41 Å². The minimum Gasteiger partial charge on any atom is -0.504 e. The van der Waals surface area contributed by atoms with Gasteiger partial charge < -0.3 is 9.84 Å². The minimum absolute atomic E-state index is 0.0245. The molecule has 2 aromatic carbocycles. The maximum absolute atomic E-state index is 12.2. The topological polar surface area (TPSA) is 70.9 Å². The molecular weight excluding hydrogens is 464 g/mol. The molecule has 0 aliphatic heterocycles. The van der Waals surface area contributed by atoms with E-state index in [0.29, 0.717) is 25.8 Å². The maximum Gasteiger partial charge on any atom is 0.271 e. The van der Waals surface area contributed by atoms with Gasteiger partial charge in [-0.3, -0.25) is 4.79 Å². The van der Waals surface area contributed by atoms with Crippen molar-refractivity contribution in [1.82, 2.24) is 5.43 Å². The third-order valence-electron chi connectivity index (χ3n) is 3.79. The largest absolute Gasteiger partial charge is 0.504 e. The van der Waals surface area contributed by atoms with E-state index in [2.05, 4.69) is 63.2 Å². The van der Waals surface area contributed by atoms with Crippen LogP contribution in [0.1, 0.15) is 42.3 Å². The van der Waals surface area contributed by atoms with E-state index in [1.807, 2.05) is 12.1 Å². The first-order valence-corrected chi connectivity index (χ1v) is 9.42. The van der Waals surface area contributed by atoms with Crippen LogP contribution in [0.2, 0.25) is 0 Å². The number of halogens is 2. The van der Waals surface area contributed by atoms with Crippen molar-refractivity contribution < 1.29 is 14.6 Å². The highest BCUT2D eigenvalue weighted by Gasteiger charge is 2.15. The molecule has 0 heterocycles. The monoisotopic (exact) mass is 482 g/mol. The molecule has 0 bridgehead atoms. The molecule has 1 amide bonds. The van der Waals surface area contributed by atoms with Gasteiger partial charge in [-0.15, -0.1) is 0 Å².